The molecule has 36 heavy (non-hydrogen) atoms. The van der Waals surface area contributed by atoms with Gasteiger partial charge in [-0.3, -0.25) is 14.4 Å². The molecule has 0 unspecified atom stereocenters. The van der Waals surface area contributed by atoms with Crippen LogP contribution in [0.5, 0.6) is 0 Å². The van der Waals surface area contributed by atoms with Crippen LogP contribution in [0.15, 0.2) is 66.7 Å². The van der Waals surface area contributed by atoms with E-state index >= 15 is 0 Å². The van der Waals surface area contributed by atoms with Gasteiger partial charge in [-0.25, -0.2) is 9.69 Å². The van der Waals surface area contributed by atoms with Gasteiger partial charge in [0.2, 0.25) is 0 Å². The van der Waals surface area contributed by atoms with E-state index in [9.17, 15) is 19.2 Å². The van der Waals surface area contributed by atoms with E-state index in [0.717, 1.165) is 29.2 Å². The number of nitrogens with one attached hydrogen (secondary N) is 1. The molecule has 3 aromatic carbocycles. The van der Waals surface area contributed by atoms with Crippen LogP contribution in [-0.2, 0) is 9.53 Å². The first kappa shape index (κ1) is 24.7. The van der Waals surface area contributed by atoms with Gasteiger partial charge in [0.25, 0.3) is 17.7 Å². The van der Waals surface area contributed by atoms with Crippen LogP contribution in [0.1, 0.15) is 50.5 Å². The maximum absolute atomic E-state index is 13.0. The minimum atomic E-state index is -0.764. The summed E-state index contributed by atoms with van der Waals surface area (Å²) in [5.74, 6) is -2.21. The summed E-state index contributed by atoms with van der Waals surface area (Å²) in [6, 6.07) is 18.7. The molecule has 1 N–H and O–H groups in total. The zero-order chi connectivity index (χ0) is 25.8. The number of carbonyl (C=O) groups excluding carboxylic acids is 4. The summed E-state index contributed by atoms with van der Waals surface area (Å²) in [5.41, 5.74) is 3.33. The molecular formula is C28H27N3O5. The molecule has 0 saturated heterocycles. The first-order valence-corrected chi connectivity index (χ1v) is 11.7. The molecule has 1 aliphatic heterocycles. The second-order valence-corrected chi connectivity index (χ2v) is 8.34. The molecule has 0 radical (unpaired) electrons. The number of benzene rings is 3. The van der Waals surface area contributed by atoms with Crippen LogP contribution in [0.25, 0.3) is 0 Å². The van der Waals surface area contributed by atoms with Crippen molar-refractivity contribution in [2.75, 3.05) is 34.8 Å². The van der Waals surface area contributed by atoms with Gasteiger partial charge in [0.1, 0.15) is 0 Å². The number of amides is 3. The number of rotatable bonds is 8. The Bertz CT molecular complexity index is 1330. The molecule has 4 rings (SSSR count). The first-order chi connectivity index (χ1) is 17.3. The smallest absolute Gasteiger partial charge is 0.338 e. The van der Waals surface area contributed by atoms with Crippen molar-refractivity contribution in [2.24, 2.45) is 0 Å². The molecule has 0 saturated carbocycles. The van der Waals surface area contributed by atoms with Crippen LogP contribution in [0.2, 0.25) is 0 Å². The number of imide groups is 1. The molecule has 8 nitrogen and oxygen atoms in total. The van der Waals surface area contributed by atoms with Gasteiger partial charge >= 0.3 is 5.97 Å². The van der Waals surface area contributed by atoms with Crippen molar-refractivity contribution in [3.8, 4) is 0 Å². The van der Waals surface area contributed by atoms with Gasteiger partial charge in [-0.05, 0) is 74.9 Å². The SMILES string of the molecule is CCN(CC)c1ccc(NC(=O)COC(=O)c2ccc3c(c2)C(=O)N(c2ccccc2C)C3=O)cc1. The lowest BCUT2D eigenvalue weighted by molar-refractivity contribution is -0.119. The molecule has 0 bridgehead atoms. The number of hydrogen-bond acceptors (Lipinski definition) is 6. The minimum Gasteiger partial charge on any atom is -0.452 e. The van der Waals surface area contributed by atoms with Crippen LogP contribution < -0.4 is 15.1 Å². The molecule has 0 fully saturated rings. The molecule has 0 aromatic heterocycles. The topological polar surface area (TPSA) is 96.0 Å². The van der Waals surface area contributed by atoms with Gasteiger partial charge in [-0.2, -0.15) is 0 Å². The third-order valence-corrected chi connectivity index (χ3v) is 6.09. The second kappa shape index (κ2) is 10.4. The normalized spacial score (nSPS) is 12.4. The molecule has 184 valence electrons. The van der Waals surface area contributed by atoms with Crippen molar-refractivity contribution in [3.05, 3.63) is 89.0 Å². The first-order valence-electron chi connectivity index (χ1n) is 11.7. The quantitative estimate of drug-likeness (QED) is 0.374. The number of aryl methyl sites for hydroxylation is 1. The zero-order valence-electron chi connectivity index (χ0n) is 20.4. The molecule has 3 amide bonds. The van der Waals surface area contributed by atoms with Crippen molar-refractivity contribution in [3.63, 3.8) is 0 Å². The van der Waals surface area contributed by atoms with E-state index in [1.54, 1.807) is 24.3 Å². The molecule has 8 heteroatoms. The summed E-state index contributed by atoms with van der Waals surface area (Å²) in [6.07, 6.45) is 0. The Morgan fingerprint density at radius 2 is 1.56 bits per heavy atom. The fourth-order valence-electron chi connectivity index (χ4n) is 4.16. The Hall–Kier alpha value is -4.46. The summed E-state index contributed by atoms with van der Waals surface area (Å²) in [6.45, 7) is 7.22. The van der Waals surface area contributed by atoms with Crippen molar-refractivity contribution >= 4 is 40.8 Å². The number of hydrogen-bond donors (Lipinski definition) is 1. The highest BCUT2D eigenvalue weighted by Gasteiger charge is 2.37. The van der Waals surface area contributed by atoms with Crippen molar-refractivity contribution in [1.29, 1.82) is 0 Å². The van der Waals surface area contributed by atoms with Crippen LogP contribution in [0.4, 0.5) is 17.1 Å². The predicted octanol–water partition coefficient (Wildman–Crippen LogP) is 4.44. The lowest BCUT2D eigenvalue weighted by Crippen LogP contribution is -2.29. The maximum Gasteiger partial charge on any atom is 0.338 e. The van der Waals surface area contributed by atoms with E-state index in [-0.39, 0.29) is 16.7 Å². The number of esters is 1. The Morgan fingerprint density at radius 1 is 0.889 bits per heavy atom. The Kier molecular flexibility index (Phi) is 7.15. The number of carbonyl (C=O) groups is 4. The third kappa shape index (κ3) is 4.84. The number of nitrogens with zero attached hydrogens (tertiary/aromatic N) is 2. The monoisotopic (exact) mass is 485 g/mol. The lowest BCUT2D eigenvalue weighted by atomic mass is 10.1. The number of para-hydroxylation sites is 1. The highest BCUT2D eigenvalue weighted by Crippen LogP contribution is 2.31. The average Bonchev–Trinajstić information content (AvgIpc) is 3.13. The van der Waals surface area contributed by atoms with E-state index in [0.29, 0.717) is 11.4 Å². The van der Waals surface area contributed by atoms with E-state index in [1.165, 1.54) is 18.2 Å². The van der Waals surface area contributed by atoms with Crippen LogP contribution in [0.3, 0.4) is 0 Å². The fourth-order valence-corrected chi connectivity index (χ4v) is 4.16. The molecule has 0 atom stereocenters. The largest absolute Gasteiger partial charge is 0.452 e. The van der Waals surface area contributed by atoms with Crippen LogP contribution in [-0.4, -0.2) is 43.4 Å². The van der Waals surface area contributed by atoms with Crippen LogP contribution in [0, 0.1) is 6.92 Å². The van der Waals surface area contributed by atoms with E-state index in [2.05, 4.69) is 24.1 Å². The molecule has 1 heterocycles. The molecular weight excluding hydrogens is 458 g/mol. The Labute approximate surface area is 209 Å². The van der Waals surface area contributed by atoms with Crippen molar-refractivity contribution < 1.29 is 23.9 Å². The summed E-state index contributed by atoms with van der Waals surface area (Å²) < 4.78 is 5.14. The average molecular weight is 486 g/mol. The maximum atomic E-state index is 13.0. The predicted molar refractivity (Wildman–Crippen MR) is 138 cm³/mol. The molecule has 0 aliphatic carbocycles. The highest BCUT2D eigenvalue weighted by atomic mass is 16.5. The number of anilines is 3. The second-order valence-electron chi connectivity index (χ2n) is 8.34. The van der Waals surface area contributed by atoms with Crippen molar-refractivity contribution in [2.45, 2.75) is 20.8 Å². The third-order valence-electron chi connectivity index (χ3n) is 6.09. The van der Waals surface area contributed by atoms with Gasteiger partial charge in [-0.15, -0.1) is 0 Å². The number of fused-ring (bicyclic) bond motifs is 1. The molecule has 1 aliphatic rings. The number of ether oxygens (including phenoxy) is 1. The highest BCUT2D eigenvalue weighted by molar-refractivity contribution is 6.35. The summed E-state index contributed by atoms with van der Waals surface area (Å²) >= 11 is 0. The molecule has 3 aromatic rings. The van der Waals surface area contributed by atoms with Crippen molar-refractivity contribution in [1.82, 2.24) is 0 Å². The standard InChI is InChI=1S/C28H27N3O5/c1-4-30(5-2)21-13-11-20(12-14-21)29-25(32)17-36-28(35)19-10-15-22-23(16-19)27(34)31(26(22)33)24-9-7-6-8-18(24)3/h6-16H,4-5,17H2,1-3H3,(H,29,32). The van der Waals surface area contributed by atoms with Gasteiger partial charge < -0.3 is 15.0 Å². The van der Waals surface area contributed by atoms with Gasteiger partial charge in [-0.1, -0.05) is 18.2 Å². The van der Waals surface area contributed by atoms with Gasteiger partial charge in [0, 0.05) is 24.5 Å². The van der Waals surface area contributed by atoms with E-state index in [1.807, 2.05) is 31.2 Å². The fraction of sp³-hybridized carbons (Fsp3) is 0.214. The summed E-state index contributed by atoms with van der Waals surface area (Å²) in [4.78, 5) is 54.0. The van der Waals surface area contributed by atoms with Gasteiger partial charge in [0.15, 0.2) is 6.61 Å². The Balaban J connectivity index is 1.39. The Morgan fingerprint density at radius 3 is 2.22 bits per heavy atom. The van der Waals surface area contributed by atoms with Gasteiger partial charge in [0.05, 0.1) is 22.4 Å². The lowest BCUT2D eigenvalue weighted by Gasteiger charge is -2.21. The minimum absolute atomic E-state index is 0.0814. The summed E-state index contributed by atoms with van der Waals surface area (Å²) in [7, 11) is 0. The van der Waals surface area contributed by atoms with E-state index < -0.39 is 30.3 Å². The van der Waals surface area contributed by atoms with Crippen LogP contribution >= 0.6 is 0 Å². The summed E-state index contributed by atoms with van der Waals surface area (Å²) in [5, 5.41) is 2.69. The zero-order valence-corrected chi connectivity index (χ0v) is 20.4. The molecule has 0 spiro atoms. The van der Waals surface area contributed by atoms with E-state index in [4.69, 9.17) is 4.74 Å².